The first kappa shape index (κ1) is 12.4. The van der Waals surface area contributed by atoms with Crippen LogP contribution >= 0.6 is 0 Å². The van der Waals surface area contributed by atoms with E-state index in [0.29, 0.717) is 12.2 Å². The molecule has 0 aromatic heterocycles. The fraction of sp³-hybridized carbons (Fsp3) is 0.385. The van der Waals surface area contributed by atoms with Gasteiger partial charge in [0.2, 0.25) is 0 Å². The Bertz CT molecular complexity index is 387. The summed E-state index contributed by atoms with van der Waals surface area (Å²) in [6, 6.07) is 5.56. The number of benzene rings is 1. The van der Waals surface area contributed by atoms with Crippen molar-refractivity contribution in [3.63, 3.8) is 0 Å². The molecule has 3 heteroatoms. The number of carbonyl (C=O) groups excluding carboxylic acids is 2. The molecule has 1 aromatic rings. The second kappa shape index (κ2) is 5.45. The summed E-state index contributed by atoms with van der Waals surface area (Å²) in [6.45, 7) is 5.88. The van der Waals surface area contributed by atoms with Crippen LogP contribution in [0, 0.1) is 13.8 Å². The van der Waals surface area contributed by atoms with Gasteiger partial charge in [0.1, 0.15) is 6.42 Å². The third-order valence-corrected chi connectivity index (χ3v) is 2.15. The second-order valence-corrected chi connectivity index (χ2v) is 3.78. The van der Waals surface area contributed by atoms with E-state index in [1.807, 2.05) is 19.9 Å². The largest absolute Gasteiger partial charge is 0.466 e. The molecule has 0 heterocycles. The molecule has 0 aliphatic heterocycles. The number of ether oxygens (including phenoxy) is 1. The summed E-state index contributed by atoms with van der Waals surface area (Å²) in [5, 5.41) is 0. The van der Waals surface area contributed by atoms with Crippen LogP contribution < -0.4 is 0 Å². The summed E-state index contributed by atoms with van der Waals surface area (Å²) < 4.78 is 4.73. The van der Waals surface area contributed by atoms with Crippen molar-refractivity contribution >= 4 is 11.8 Å². The number of Topliss-reactive ketones (excluding diaryl/α,β-unsaturated/α-hetero) is 1. The number of ketones is 1. The quantitative estimate of drug-likeness (QED) is 0.444. The van der Waals surface area contributed by atoms with Crippen LogP contribution in [0.15, 0.2) is 18.2 Å². The molecule has 0 bridgehead atoms. The summed E-state index contributed by atoms with van der Waals surface area (Å²) in [6.07, 6.45) is -0.184. The fourth-order valence-electron chi connectivity index (χ4n) is 1.58. The summed E-state index contributed by atoms with van der Waals surface area (Å²) in [5.74, 6) is -0.656. The molecule has 0 aliphatic rings. The molecular formula is C13H16O3. The maximum absolute atomic E-state index is 11.7. The van der Waals surface area contributed by atoms with Gasteiger partial charge in [0.15, 0.2) is 5.78 Å². The van der Waals surface area contributed by atoms with Gasteiger partial charge in [-0.15, -0.1) is 0 Å². The van der Waals surface area contributed by atoms with Crippen LogP contribution in [-0.4, -0.2) is 18.4 Å². The van der Waals surface area contributed by atoms with Gasteiger partial charge in [-0.25, -0.2) is 0 Å². The summed E-state index contributed by atoms with van der Waals surface area (Å²) in [4.78, 5) is 22.9. The molecule has 0 atom stereocenters. The second-order valence-electron chi connectivity index (χ2n) is 3.78. The molecule has 1 aromatic carbocycles. The molecule has 0 saturated carbocycles. The normalized spacial score (nSPS) is 9.94. The highest BCUT2D eigenvalue weighted by Gasteiger charge is 2.12. The van der Waals surface area contributed by atoms with Gasteiger partial charge in [-0.3, -0.25) is 9.59 Å². The predicted octanol–water partition coefficient (Wildman–Crippen LogP) is 2.44. The summed E-state index contributed by atoms with van der Waals surface area (Å²) in [5.41, 5.74) is 2.62. The van der Waals surface area contributed by atoms with E-state index in [0.717, 1.165) is 11.1 Å². The minimum atomic E-state index is -0.466. The van der Waals surface area contributed by atoms with Crippen LogP contribution in [0.3, 0.4) is 0 Å². The first-order valence-corrected chi connectivity index (χ1v) is 5.30. The highest BCUT2D eigenvalue weighted by Crippen LogP contribution is 2.11. The Kier molecular flexibility index (Phi) is 4.23. The van der Waals surface area contributed by atoms with Crippen LogP contribution in [0.4, 0.5) is 0 Å². The van der Waals surface area contributed by atoms with E-state index in [9.17, 15) is 9.59 Å². The highest BCUT2D eigenvalue weighted by atomic mass is 16.5. The van der Waals surface area contributed by atoms with Crippen molar-refractivity contribution in [1.29, 1.82) is 0 Å². The van der Waals surface area contributed by atoms with Gasteiger partial charge in [0.05, 0.1) is 6.61 Å². The lowest BCUT2D eigenvalue weighted by atomic mass is 10.0. The third kappa shape index (κ3) is 3.50. The first-order valence-electron chi connectivity index (χ1n) is 5.30. The van der Waals surface area contributed by atoms with Crippen LogP contribution in [0.1, 0.15) is 34.8 Å². The molecule has 0 fully saturated rings. The van der Waals surface area contributed by atoms with E-state index in [-0.39, 0.29) is 12.2 Å². The number of hydrogen-bond acceptors (Lipinski definition) is 3. The number of hydrogen-bond donors (Lipinski definition) is 0. The zero-order chi connectivity index (χ0) is 12.1. The predicted molar refractivity (Wildman–Crippen MR) is 61.5 cm³/mol. The van der Waals surface area contributed by atoms with Crippen LogP contribution in [0.25, 0.3) is 0 Å². The highest BCUT2D eigenvalue weighted by molar-refractivity contribution is 6.06. The number of carbonyl (C=O) groups is 2. The Balaban J connectivity index is 2.76. The van der Waals surface area contributed by atoms with Crippen molar-refractivity contribution in [3.8, 4) is 0 Å². The van der Waals surface area contributed by atoms with Gasteiger partial charge in [0, 0.05) is 5.56 Å². The average Bonchev–Trinajstić information content (AvgIpc) is 2.16. The molecule has 16 heavy (non-hydrogen) atoms. The van der Waals surface area contributed by atoms with Crippen LogP contribution in [0.5, 0.6) is 0 Å². The lowest BCUT2D eigenvalue weighted by Crippen LogP contribution is -2.11. The number of rotatable bonds is 4. The Labute approximate surface area is 95.4 Å². The van der Waals surface area contributed by atoms with E-state index in [1.165, 1.54) is 0 Å². The molecule has 0 amide bonds. The van der Waals surface area contributed by atoms with Crippen molar-refractivity contribution in [2.75, 3.05) is 6.61 Å². The lowest BCUT2D eigenvalue weighted by molar-refractivity contribution is -0.141. The minimum Gasteiger partial charge on any atom is -0.466 e. The van der Waals surface area contributed by atoms with Gasteiger partial charge >= 0.3 is 5.97 Å². The van der Waals surface area contributed by atoms with Crippen LogP contribution in [0.2, 0.25) is 0 Å². The maximum atomic E-state index is 11.7. The Morgan fingerprint density at radius 2 is 1.69 bits per heavy atom. The Morgan fingerprint density at radius 3 is 2.19 bits per heavy atom. The molecular weight excluding hydrogens is 204 g/mol. The van der Waals surface area contributed by atoms with Crippen molar-refractivity contribution in [2.45, 2.75) is 27.2 Å². The average molecular weight is 220 g/mol. The van der Waals surface area contributed by atoms with E-state index in [2.05, 4.69) is 0 Å². The molecule has 0 spiro atoms. The molecule has 0 unspecified atom stereocenters. The SMILES string of the molecule is CCOC(=O)CC(=O)c1cc(C)cc(C)c1. The number of aryl methyl sites for hydroxylation is 2. The van der Waals surface area contributed by atoms with Crippen molar-refractivity contribution in [1.82, 2.24) is 0 Å². The Morgan fingerprint density at radius 1 is 1.12 bits per heavy atom. The molecule has 1 rings (SSSR count). The van der Waals surface area contributed by atoms with E-state index >= 15 is 0 Å². The minimum absolute atomic E-state index is 0.184. The van der Waals surface area contributed by atoms with Crippen molar-refractivity contribution in [2.24, 2.45) is 0 Å². The van der Waals surface area contributed by atoms with Crippen LogP contribution in [-0.2, 0) is 9.53 Å². The molecule has 0 aliphatic carbocycles. The number of esters is 1. The van der Waals surface area contributed by atoms with E-state index < -0.39 is 5.97 Å². The van der Waals surface area contributed by atoms with Crippen molar-refractivity contribution in [3.05, 3.63) is 34.9 Å². The summed E-state index contributed by atoms with van der Waals surface area (Å²) in [7, 11) is 0. The topological polar surface area (TPSA) is 43.4 Å². The Hall–Kier alpha value is -1.64. The molecule has 0 N–H and O–H groups in total. The third-order valence-electron chi connectivity index (χ3n) is 2.15. The zero-order valence-corrected chi connectivity index (χ0v) is 9.87. The van der Waals surface area contributed by atoms with E-state index in [4.69, 9.17) is 4.74 Å². The fourth-order valence-corrected chi connectivity index (χ4v) is 1.58. The van der Waals surface area contributed by atoms with Crippen molar-refractivity contribution < 1.29 is 14.3 Å². The molecule has 0 saturated heterocycles. The van der Waals surface area contributed by atoms with Gasteiger partial charge in [-0.05, 0) is 32.9 Å². The summed E-state index contributed by atoms with van der Waals surface area (Å²) >= 11 is 0. The van der Waals surface area contributed by atoms with E-state index in [1.54, 1.807) is 19.1 Å². The molecule has 3 nitrogen and oxygen atoms in total. The van der Waals surface area contributed by atoms with Gasteiger partial charge < -0.3 is 4.74 Å². The standard InChI is InChI=1S/C13H16O3/c1-4-16-13(15)8-12(14)11-6-9(2)5-10(3)7-11/h5-7H,4,8H2,1-3H3. The zero-order valence-electron chi connectivity index (χ0n) is 9.87. The first-order chi connectivity index (χ1) is 7.52. The van der Waals surface area contributed by atoms with Gasteiger partial charge in [-0.1, -0.05) is 17.2 Å². The lowest BCUT2D eigenvalue weighted by Gasteiger charge is -2.04. The monoisotopic (exact) mass is 220 g/mol. The van der Waals surface area contributed by atoms with Gasteiger partial charge in [-0.2, -0.15) is 0 Å². The molecule has 0 radical (unpaired) electrons. The maximum Gasteiger partial charge on any atom is 0.313 e. The van der Waals surface area contributed by atoms with Gasteiger partial charge in [0.25, 0.3) is 0 Å². The molecule has 86 valence electrons. The smallest absolute Gasteiger partial charge is 0.313 e.